The maximum absolute atomic E-state index is 11.1. The van der Waals surface area contributed by atoms with Crippen LogP contribution in [0.4, 0.5) is 5.69 Å². The first-order chi connectivity index (χ1) is 7.58. The van der Waals surface area contributed by atoms with Gasteiger partial charge in [0.2, 0.25) is 5.91 Å². The quantitative estimate of drug-likeness (QED) is 0.633. The van der Waals surface area contributed by atoms with Crippen molar-refractivity contribution in [2.45, 2.75) is 12.3 Å². The Balaban J connectivity index is 2.35. The Morgan fingerprint density at radius 2 is 2.25 bits per heavy atom. The Morgan fingerprint density at radius 3 is 2.81 bits per heavy atom. The summed E-state index contributed by atoms with van der Waals surface area (Å²) < 4.78 is 0. The van der Waals surface area contributed by atoms with Crippen LogP contribution in [0, 0.1) is 10.1 Å². The van der Waals surface area contributed by atoms with Crippen LogP contribution in [0.1, 0.15) is 17.9 Å². The molecule has 0 saturated carbocycles. The molecule has 1 heterocycles. The number of halogens is 1. The molecule has 1 fully saturated rings. The van der Waals surface area contributed by atoms with Gasteiger partial charge in [-0.3, -0.25) is 14.9 Å². The Bertz CT molecular complexity index is 461. The van der Waals surface area contributed by atoms with Gasteiger partial charge < -0.3 is 5.32 Å². The number of rotatable bonds is 2. The molecule has 2 rings (SSSR count). The lowest BCUT2D eigenvalue weighted by molar-refractivity contribution is -0.384. The summed E-state index contributed by atoms with van der Waals surface area (Å²) >= 11 is 5.97. The van der Waals surface area contributed by atoms with Crippen LogP contribution in [0.3, 0.4) is 0 Å². The predicted octanol–water partition coefficient (Wildman–Crippen LogP) is 1.85. The van der Waals surface area contributed by atoms with E-state index in [0.717, 1.165) is 0 Å². The molecular formula is C10H9ClN2O3. The van der Waals surface area contributed by atoms with Crippen LogP contribution in [0.5, 0.6) is 0 Å². The van der Waals surface area contributed by atoms with E-state index in [1.165, 1.54) is 18.2 Å². The summed E-state index contributed by atoms with van der Waals surface area (Å²) in [5.41, 5.74) is 0.660. The molecule has 1 atom stereocenters. The van der Waals surface area contributed by atoms with Crippen LogP contribution in [0.25, 0.3) is 0 Å². The molecule has 1 N–H and O–H groups in total. The van der Waals surface area contributed by atoms with Crippen LogP contribution in [-0.2, 0) is 4.79 Å². The van der Waals surface area contributed by atoms with Gasteiger partial charge in [0.1, 0.15) is 0 Å². The lowest BCUT2D eigenvalue weighted by Gasteiger charge is -2.09. The van der Waals surface area contributed by atoms with E-state index in [1.54, 1.807) is 0 Å². The molecule has 1 amide bonds. The maximum Gasteiger partial charge on any atom is 0.269 e. The van der Waals surface area contributed by atoms with E-state index in [9.17, 15) is 14.9 Å². The Hall–Kier alpha value is -1.62. The molecule has 0 radical (unpaired) electrons. The highest BCUT2D eigenvalue weighted by Crippen LogP contribution is 2.32. The summed E-state index contributed by atoms with van der Waals surface area (Å²) in [4.78, 5) is 21.2. The molecule has 5 nitrogen and oxygen atoms in total. The zero-order valence-electron chi connectivity index (χ0n) is 8.27. The van der Waals surface area contributed by atoms with Crippen molar-refractivity contribution in [1.82, 2.24) is 5.32 Å². The lowest BCUT2D eigenvalue weighted by Crippen LogP contribution is -2.13. The van der Waals surface area contributed by atoms with Crippen molar-refractivity contribution in [3.8, 4) is 0 Å². The minimum Gasteiger partial charge on any atom is -0.355 e. The third-order valence-corrected chi connectivity index (χ3v) is 2.95. The number of hydrogen-bond donors (Lipinski definition) is 1. The minimum absolute atomic E-state index is 0.00116. The molecular weight excluding hydrogens is 232 g/mol. The Labute approximate surface area is 96.6 Å². The second-order valence-electron chi connectivity index (χ2n) is 3.67. The lowest BCUT2D eigenvalue weighted by atomic mass is 9.98. The monoisotopic (exact) mass is 240 g/mol. The zero-order valence-corrected chi connectivity index (χ0v) is 9.03. The van der Waals surface area contributed by atoms with Gasteiger partial charge in [0.05, 0.1) is 4.92 Å². The molecule has 1 aliphatic rings. The summed E-state index contributed by atoms with van der Waals surface area (Å²) in [6.07, 6.45) is 0.334. The van der Waals surface area contributed by atoms with E-state index in [1.807, 2.05) is 0 Å². The van der Waals surface area contributed by atoms with Crippen molar-refractivity contribution in [2.75, 3.05) is 6.54 Å². The Morgan fingerprint density at radius 1 is 1.50 bits per heavy atom. The number of amides is 1. The van der Waals surface area contributed by atoms with Crippen molar-refractivity contribution >= 4 is 23.2 Å². The fraction of sp³-hybridized carbons (Fsp3) is 0.300. The summed E-state index contributed by atoms with van der Waals surface area (Å²) in [6.45, 7) is 0.486. The van der Waals surface area contributed by atoms with Gasteiger partial charge in [0, 0.05) is 36.0 Å². The van der Waals surface area contributed by atoms with E-state index >= 15 is 0 Å². The molecule has 0 bridgehead atoms. The summed E-state index contributed by atoms with van der Waals surface area (Å²) in [6, 6.07) is 4.29. The first kappa shape index (κ1) is 10.9. The van der Waals surface area contributed by atoms with Crippen molar-refractivity contribution in [2.24, 2.45) is 0 Å². The van der Waals surface area contributed by atoms with Crippen LogP contribution >= 0.6 is 11.6 Å². The van der Waals surface area contributed by atoms with Gasteiger partial charge in [0.25, 0.3) is 5.69 Å². The SMILES string of the molecule is O=C1CC(c2cc([N+](=O)[O-])ccc2Cl)CN1. The molecule has 1 saturated heterocycles. The van der Waals surface area contributed by atoms with Gasteiger partial charge in [-0.1, -0.05) is 11.6 Å². The van der Waals surface area contributed by atoms with E-state index in [2.05, 4.69) is 5.32 Å². The largest absolute Gasteiger partial charge is 0.355 e. The van der Waals surface area contributed by atoms with E-state index in [4.69, 9.17) is 11.6 Å². The fourth-order valence-corrected chi connectivity index (χ4v) is 2.05. The number of non-ortho nitro benzene ring substituents is 1. The fourth-order valence-electron chi connectivity index (χ4n) is 1.78. The highest BCUT2D eigenvalue weighted by Gasteiger charge is 2.26. The van der Waals surface area contributed by atoms with E-state index < -0.39 is 4.92 Å². The van der Waals surface area contributed by atoms with Gasteiger partial charge in [0.15, 0.2) is 0 Å². The second-order valence-corrected chi connectivity index (χ2v) is 4.08. The smallest absolute Gasteiger partial charge is 0.269 e. The highest BCUT2D eigenvalue weighted by molar-refractivity contribution is 6.31. The molecule has 6 heteroatoms. The summed E-state index contributed by atoms with van der Waals surface area (Å²) in [5, 5.41) is 13.8. The van der Waals surface area contributed by atoms with Crippen molar-refractivity contribution < 1.29 is 9.72 Å². The number of benzene rings is 1. The van der Waals surface area contributed by atoms with Crippen molar-refractivity contribution in [1.29, 1.82) is 0 Å². The number of hydrogen-bond acceptors (Lipinski definition) is 3. The number of nitro groups is 1. The molecule has 0 aromatic heterocycles. The van der Waals surface area contributed by atoms with Crippen LogP contribution in [0.2, 0.25) is 5.02 Å². The van der Waals surface area contributed by atoms with Crippen LogP contribution in [0.15, 0.2) is 18.2 Å². The predicted molar refractivity (Wildman–Crippen MR) is 58.5 cm³/mol. The van der Waals surface area contributed by atoms with Crippen LogP contribution < -0.4 is 5.32 Å². The number of nitrogens with one attached hydrogen (secondary N) is 1. The summed E-state index contributed by atoms with van der Waals surface area (Å²) in [5.74, 6) is -0.118. The average molecular weight is 241 g/mol. The van der Waals surface area contributed by atoms with E-state index in [-0.39, 0.29) is 17.5 Å². The molecule has 16 heavy (non-hydrogen) atoms. The number of nitrogens with zero attached hydrogens (tertiary/aromatic N) is 1. The standard InChI is InChI=1S/C10H9ClN2O3/c11-9-2-1-7(13(15)16)4-8(9)6-3-10(14)12-5-6/h1-2,4,6H,3,5H2,(H,12,14). The van der Waals surface area contributed by atoms with E-state index in [0.29, 0.717) is 23.6 Å². The molecule has 0 spiro atoms. The number of carbonyl (C=O) groups is 1. The zero-order chi connectivity index (χ0) is 11.7. The minimum atomic E-state index is -0.468. The molecule has 1 unspecified atom stereocenters. The van der Waals surface area contributed by atoms with Crippen molar-refractivity contribution in [3.63, 3.8) is 0 Å². The van der Waals surface area contributed by atoms with Gasteiger partial charge >= 0.3 is 0 Å². The second kappa shape index (κ2) is 4.09. The molecule has 1 aromatic rings. The first-order valence-electron chi connectivity index (χ1n) is 4.78. The molecule has 1 aliphatic heterocycles. The van der Waals surface area contributed by atoms with Gasteiger partial charge in [-0.25, -0.2) is 0 Å². The molecule has 1 aromatic carbocycles. The van der Waals surface area contributed by atoms with Gasteiger partial charge in [-0.2, -0.15) is 0 Å². The topological polar surface area (TPSA) is 72.2 Å². The van der Waals surface area contributed by atoms with Gasteiger partial charge in [-0.05, 0) is 11.6 Å². The normalized spacial score (nSPS) is 19.6. The molecule has 84 valence electrons. The third kappa shape index (κ3) is 1.99. The first-order valence-corrected chi connectivity index (χ1v) is 5.16. The highest BCUT2D eigenvalue weighted by atomic mass is 35.5. The molecule has 0 aliphatic carbocycles. The van der Waals surface area contributed by atoms with Crippen molar-refractivity contribution in [3.05, 3.63) is 38.9 Å². The third-order valence-electron chi connectivity index (χ3n) is 2.61. The number of nitro benzene ring substituents is 1. The maximum atomic E-state index is 11.1. The Kier molecular flexibility index (Phi) is 2.78. The van der Waals surface area contributed by atoms with Crippen LogP contribution in [-0.4, -0.2) is 17.4 Å². The number of carbonyl (C=O) groups excluding carboxylic acids is 1. The average Bonchev–Trinajstić information content (AvgIpc) is 2.65. The van der Waals surface area contributed by atoms with Gasteiger partial charge in [-0.15, -0.1) is 0 Å². The summed E-state index contributed by atoms with van der Waals surface area (Å²) in [7, 11) is 0.